The fourth-order valence-corrected chi connectivity index (χ4v) is 3.00. The molecule has 1 aliphatic heterocycles. The third kappa shape index (κ3) is 6.59. The summed E-state index contributed by atoms with van der Waals surface area (Å²) in [5.74, 6) is 0.640. The lowest BCUT2D eigenvalue weighted by atomic mass is 10.1. The molecule has 3 rings (SSSR count). The number of nitrogens with one attached hydrogen (secondary N) is 1. The molecule has 0 aromatic carbocycles. The highest BCUT2D eigenvalue weighted by molar-refractivity contribution is 7.71. The number of aromatic amines is 1. The van der Waals surface area contributed by atoms with E-state index in [0.29, 0.717) is 29.1 Å². The average Bonchev–Trinajstić information content (AvgIpc) is 3.20. The number of aromatic nitrogens is 2. The van der Waals surface area contributed by atoms with Gasteiger partial charge >= 0.3 is 6.09 Å². The standard InChI is InChI=1S/C17H21N3O4S.2C2H6/c1-17(2,3)24-16(22)19-7-6-13-12(10-19)14(21)20(15(25)18-13)9-11-5-4-8-23-11;2*1-2/h4-5,8H,6-7,9-10H2,1-3H3,(H,18,25);2*1-2H3. The van der Waals surface area contributed by atoms with E-state index in [9.17, 15) is 9.59 Å². The molecular weight excluding hydrogens is 390 g/mol. The molecule has 1 N–H and O–H groups in total. The topological polar surface area (TPSA) is 80.5 Å². The van der Waals surface area contributed by atoms with Crippen LogP contribution in [-0.2, 0) is 24.2 Å². The molecule has 0 spiro atoms. The number of rotatable bonds is 2. The molecule has 0 unspecified atom stereocenters. The van der Waals surface area contributed by atoms with Gasteiger partial charge in [0.2, 0.25) is 0 Å². The van der Waals surface area contributed by atoms with Crippen LogP contribution in [0.25, 0.3) is 0 Å². The van der Waals surface area contributed by atoms with Crippen molar-refractivity contribution in [2.75, 3.05) is 6.54 Å². The Kier molecular flexibility index (Phi) is 9.36. The van der Waals surface area contributed by atoms with E-state index in [-0.39, 0.29) is 18.6 Å². The highest BCUT2D eigenvalue weighted by Gasteiger charge is 2.28. The van der Waals surface area contributed by atoms with Gasteiger partial charge in [0.05, 0.1) is 24.9 Å². The monoisotopic (exact) mass is 423 g/mol. The second-order valence-corrected chi connectivity index (χ2v) is 7.40. The summed E-state index contributed by atoms with van der Waals surface area (Å²) in [5.41, 5.74) is 0.541. The molecule has 8 heteroatoms. The van der Waals surface area contributed by atoms with Crippen molar-refractivity contribution >= 4 is 18.3 Å². The zero-order valence-electron chi connectivity index (χ0n) is 18.5. The third-order valence-corrected chi connectivity index (χ3v) is 4.22. The normalized spacial score (nSPS) is 12.7. The molecule has 0 bridgehead atoms. The number of hydrogen-bond donors (Lipinski definition) is 1. The number of carbonyl (C=O) groups excluding carboxylic acids is 1. The van der Waals surface area contributed by atoms with Crippen LogP contribution in [0.3, 0.4) is 0 Å². The second kappa shape index (κ2) is 11.0. The lowest BCUT2D eigenvalue weighted by Gasteiger charge is -2.30. The Morgan fingerprint density at radius 3 is 2.48 bits per heavy atom. The molecule has 0 radical (unpaired) electrons. The Morgan fingerprint density at radius 1 is 1.28 bits per heavy atom. The molecule has 0 saturated carbocycles. The van der Waals surface area contributed by atoms with Crippen LogP contribution in [0.5, 0.6) is 0 Å². The average molecular weight is 424 g/mol. The van der Waals surface area contributed by atoms with Crippen LogP contribution >= 0.6 is 12.2 Å². The summed E-state index contributed by atoms with van der Waals surface area (Å²) in [5, 5.41) is 0. The van der Waals surface area contributed by atoms with Gasteiger partial charge in [-0.2, -0.15) is 0 Å². The van der Waals surface area contributed by atoms with Crippen molar-refractivity contribution in [3.05, 3.63) is 50.5 Å². The summed E-state index contributed by atoms with van der Waals surface area (Å²) in [6, 6.07) is 3.55. The lowest BCUT2D eigenvalue weighted by molar-refractivity contribution is 0.0221. The molecule has 0 fully saturated rings. The van der Waals surface area contributed by atoms with E-state index in [2.05, 4.69) is 4.98 Å². The van der Waals surface area contributed by atoms with Crippen LogP contribution in [0.4, 0.5) is 4.79 Å². The molecule has 0 saturated heterocycles. The van der Waals surface area contributed by atoms with Crippen LogP contribution in [0.15, 0.2) is 27.6 Å². The molecule has 7 nitrogen and oxygen atoms in total. The first-order valence-electron chi connectivity index (χ1n) is 10.1. The molecule has 0 aliphatic carbocycles. The maximum atomic E-state index is 12.9. The smallest absolute Gasteiger partial charge is 0.410 e. The highest BCUT2D eigenvalue weighted by Crippen LogP contribution is 2.18. The molecule has 162 valence electrons. The van der Waals surface area contributed by atoms with E-state index in [1.807, 2.05) is 48.5 Å². The quantitative estimate of drug-likeness (QED) is 0.696. The van der Waals surface area contributed by atoms with Gasteiger partial charge in [0.25, 0.3) is 5.56 Å². The zero-order valence-corrected chi connectivity index (χ0v) is 19.3. The van der Waals surface area contributed by atoms with Gasteiger partial charge in [0.15, 0.2) is 4.77 Å². The van der Waals surface area contributed by atoms with Gasteiger partial charge in [-0.25, -0.2) is 4.79 Å². The van der Waals surface area contributed by atoms with E-state index in [4.69, 9.17) is 21.4 Å². The van der Waals surface area contributed by atoms with Crippen molar-refractivity contribution in [3.8, 4) is 0 Å². The van der Waals surface area contributed by atoms with Crippen molar-refractivity contribution in [1.29, 1.82) is 0 Å². The van der Waals surface area contributed by atoms with E-state index in [1.54, 1.807) is 23.3 Å². The number of H-pyrrole nitrogens is 1. The van der Waals surface area contributed by atoms with Crippen molar-refractivity contribution in [2.45, 2.75) is 73.6 Å². The summed E-state index contributed by atoms with van der Waals surface area (Å²) >= 11 is 5.31. The van der Waals surface area contributed by atoms with E-state index in [1.165, 1.54) is 4.57 Å². The Morgan fingerprint density at radius 2 is 1.93 bits per heavy atom. The number of fused-ring (bicyclic) bond motifs is 1. The van der Waals surface area contributed by atoms with Gasteiger partial charge in [-0.1, -0.05) is 27.7 Å². The summed E-state index contributed by atoms with van der Waals surface area (Å²) in [7, 11) is 0. The molecular formula is C21H33N3O4S. The van der Waals surface area contributed by atoms with Crippen molar-refractivity contribution < 1.29 is 13.9 Å². The number of furan rings is 1. The molecule has 29 heavy (non-hydrogen) atoms. The lowest BCUT2D eigenvalue weighted by Crippen LogP contribution is -2.43. The SMILES string of the molecule is CC.CC.CC(C)(C)OC(=O)N1CCc2[nH]c(=S)n(Cc3ccco3)c(=O)c2C1. The fraction of sp³-hybridized carbons (Fsp3) is 0.571. The van der Waals surface area contributed by atoms with E-state index >= 15 is 0 Å². The first-order chi connectivity index (χ1) is 13.7. The fourth-order valence-electron chi connectivity index (χ4n) is 2.73. The summed E-state index contributed by atoms with van der Waals surface area (Å²) in [6.45, 7) is 14.4. The number of nitrogens with zero attached hydrogens (tertiary/aromatic N) is 2. The predicted molar refractivity (Wildman–Crippen MR) is 117 cm³/mol. The Hall–Kier alpha value is -2.35. The summed E-state index contributed by atoms with van der Waals surface area (Å²) in [4.78, 5) is 29.8. The first kappa shape index (κ1) is 24.7. The number of amides is 1. The summed E-state index contributed by atoms with van der Waals surface area (Å²) < 4.78 is 12.5. The van der Waals surface area contributed by atoms with Crippen molar-refractivity contribution in [1.82, 2.24) is 14.5 Å². The van der Waals surface area contributed by atoms with Crippen molar-refractivity contribution in [3.63, 3.8) is 0 Å². The largest absolute Gasteiger partial charge is 0.467 e. The van der Waals surface area contributed by atoms with Gasteiger partial charge < -0.3 is 19.0 Å². The minimum atomic E-state index is -0.576. The maximum absolute atomic E-state index is 12.9. The number of ether oxygens (including phenoxy) is 1. The van der Waals surface area contributed by atoms with Crippen LogP contribution in [0, 0.1) is 4.77 Å². The third-order valence-electron chi connectivity index (χ3n) is 3.90. The number of hydrogen-bond acceptors (Lipinski definition) is 5. The maximum Gasteiger partial charge on any atom is 0.410 e. The molecule has 2 aromatic heterocycles. The predicted octanol–water partition coefficient (Wildman–Crippen LogP) is 4.89. The molecule has 0 atom stereocenters. The molecule has 1 amide bonds. The first-order valence-corrected chi connectivity index (χ1v) is 10.5. The Labute approximate surface area is 177 Å². The Bertz CT molecular complexity index is 892. The minimum Gasteiger partial charge on any atom is -0.467 e. The van der Waals surface area contributed by atoms with Crippen LogP contribution in [0.1, 0.15) is 65.5 Å². The second-order valence-electron chi connectivity index (χ2n) is 7.01. The van der Waals surface area contributed by atoms with E-state index in [0.717, 1.165) is 5.69 Å². The minimum absolute atomic E-state index is 0.202. The van der Waals surface area contributed by atoms with Gasteiger partial charge in [0.1, 0.15) is 11.4 Å². The van der Waals surface area contributed by atoms with E-state index < -0.39 is 11.7 Å². The van der Waals surface area contributed by atoms with Crippen LogP contribution in [-0.4, -0.2) is 32.7 Å². The molecule has 2 aromatic rings. The molecule has 1 aliphatic rings. The van der Waals surface area contributed by atoms with Gasteiger partial charge in [0, 0.05) is 18.7 Å². The van der Waals surface area contributed by atoms with Crippen LogP contribution < -0.4 is 5.56 Å². The number of carbonyl (C=O) groups is 1. The highest BCUT2D eigenvalue weighted by atomic mass is 32.1. The zero-order chi connectivity index (χ0) is 22.2. The Balaban J connectivity index is 0.000000989. The van der Waals surface area contributed by atoms with Gasteiger partial charge in [-0.3, -0.25) is 9.36 Å². The summed E-state index contributed by atoms with van der Waals surface area (Å²) in [6.07, 6.45) is 1.67. The van der Waals surface area contributed by atoms with Crippen molar-refractivity contribution in [2.24, 2.45) is 0 Å². The molecule has 3 heterocycles. The van der Waals surface area contributed by atoms with Gasteiger partial charge in [-0.05, 0) is 45.1 Å². The van der Waals surface area contributed by atoms with Crippen LogP contribution in [0.2, 0.25) is 0 Å². The van der Waals surface area contributed by atoms with Gasteiger partial charge in [-0.15, -0.1) is 0 Å².